The van der Waals surface area contributed by atoms with Crippen LogP contribution >= 0.6 is 0 Å². The van der Waals surface area contributed by atoms with Gasteiger partial charge in [-0.3, -0.25) is 4.79 Å². The molecule has 0 aromatic heterocycles. The quantitative estimate of drug-likeness (QED) is 0.740. The van der Waals surface area contributed by atoms with Crippen LogP contribution in [0.15, 0.2) is 42.5 Å². The third-order valence-corrected chi connectivity index (χ3v) is 4.84. The number of aliphatic hydroxyl groups excluding tert-OH is 1. The van der Waals surface area contributed by atoms with Crippen LogP contribution in [0.4, 0.5) is 5.69 Å². The van der Waals surface area contributed by atoms with E-state index in [9.17, 15) is 9.90 Å². The van der Waals surface area contributed by atoms with Crippen molar-refractivity contribution in [2.75, 3.05) is 11.9 Å². The van der Waals surface area contributed by atoms with E-state index in [-0.39, 0.29) is 12.1 Å². The predicted molar refractivity (Wildman–Crippen MR) is 103 cm³/mol. The third-order valence-electron chi connectivity index (χ3n) is 4.84. The summed E-state index contributed by atoms with van der Waals surface area (Å²) in [6.45, 7) is 2.58. The summed E-state index contributed by atoms with van der Waals surface area (Å²) in [6, 6.07) is 13.8. The second-order valence-electron chi connectivity index (χ2n) is 6.73. The summed E-state index contributed by atoms with van der Waals surface area (Å²) in [6.07, 6.45) is 3.15. The minimum absolute atomic E-state index is 0.203. The van der Waals surface area contributed by atoms with Gasteiger partial charge >= 0.3 is 0 Å². The SMILES string of the molecule is CCOc1ccc(-c2ccc(NC3CCC(O)CC3)c(C(N)=O)c2)cc1. The van der Waals surface area contributed by atoms with Crippen molar-refractivity contribution < 1.29 is 14.6 Å². The molecule has 3 rings (SSSR count). The molecule has 1 amide bonds. The summed E-state index contributed by atoms with van der Waals surface area (Å²) in [5.74, 6) is 0.375. The number of hydrogen-bond acceptors (Lipinski definition) is 4. The molecule has 2 aromatic carbocycles. The maximum absolute atomic E-state index is 12.0. The molecule has 0 unspecified atom stereocenters. The van der Waals surface area contributed by atoms with Crippen LogP contribution in [0.1, 0.15) is 43.0 Å². The Hall–Kier alpha value is -2.53. The predicted octanol–water partition coefficient (Wildman–Crippen LogP) is 3.57. The lowest BCUT2D eigenvalue weighted by Gasteiger charge is -2.27. The lowest BCUT2D eigenvalue weighted by molar-refractivity contribution is 0.100. The largest absolute Gasteiger partial charge is 0.494 e. The van der Waals surface area contributed by atoms with Crippen LogP contribution in [-0.2, 0) is 0 Å². The van der Waals surface area contributed by atoms with Gasteiger partial charge in [-0.2, -0.15) is 0 Å². The summed E-state index contributed by atoms with van der Waals surface area (Å²) in [7, 11) is 0. The fourth-order valence-electron chi connectivity index (χ4n) is 3.40. The molecule has 5 heteroatoms. The molecule has 0 spiro atoms. The van der Waals surface area contributed by atoms with Crippen LogP contribution in [0.25, 0.3) is 11.1 Å². The minimum Gasteiger partial charge on any atom is -0.494 e. The zero-order valence-corrected chi connectivity index (χ0v) is 15.1. The Morgan fingerprint density at radius 1 is 1.12 bits per heavy atom. The highest BCUT2D eigenvalue weighted by molar-refractivity contribution is 6.00. The first-order chi connectivity index (χ1) is 12.6. The summed E-state index contributed by atoms with van der Waals surface area (Å²) in [4.78, 5) is 12.0. The Morgan fingerprint density at radius 2 is 1.77 bits per heavy atom. The first-order valence-corrected chi connectivity index (χ1v) is 9.18. The van der Waals surface area contributed by atoms with Gasteiger partial charge < -0.3 is 20.9 Å². The molecule has 0 saturated heterocycles. The van der Waals surface area contributed by atoms with Gasteiger partial charge in [0.1, 0.15) is 5.75 Å². The van der Waals surface area contributed by atoms with Gasteiger partial charge in [0.2, 0.25) is 0 Å². The molecular formula is C21H26N2O3. The molecule has 0 heterocycles. The smallest absolute Gasteiger partial charge is 0.250 e. The molecule has 0 atom stereocenters. The molecule has 1 saturated carbocycles. The number of carbonyl (C=O) groups excluding carboxylic acids is 1. The normalized spacial score (nSPS) is 19.8. The summed E-state index contributed by atoms with van der Waals surface area (Å²) < 4.78 is 5.47. The first-order valence-electron chi connectivity index (χ1n) is 9.18. The highest BCUT2D eigenvalue weighted by Crippen LogP contribution is 2.29. The number of carbonyl (C=O) groups is 1. The van der Waals surface area contributed by atoms with Crippen molar-refractivity contribution in [3.8, 4) is 16.9 Å². The number of amides is 1. The van der Waals surface area contributed by atoms with Crippen molar-refractivity contribution in [1.82, 2.24) is 0 Å². The highest BCUT2D eigenvalue weighted by atomic mass is 16.5. The number of hydrogen-bond donors (Lipinski definition) is 3. The molecule has 138 valence electrons. The number of ether oxygens (including phenoxy) is 1. The van der Waals surface area contributed by atoms with Crippen molar-refractivity contribution in [2.45, 2.75) is 44.8 Å². The van der Waals surface area contributed by atoms with E-state index in [1.165, 1.54) is 0 Å². The maximum atomic E-state index is 12.0. The van der Waals surface area contributed by atoms with Crippen molar-refractivity contribution in [3.05, 3.63) is 48.0 Å². The number of primary amides is 1. The van der Waals surface area contributed by atoms with Crippen LogP contribution in [0.2, 0.25) is 0 Å². The number of nitrogens with two attached hydrogens (primary N) is 1. The van der Waals surface area contributed by atoms with Crippen LogP contribution in [0.5, 0.6) is 5.75 Å². The minimum atomic E-state index is -0.448. The summed E-state index contributed by atoms with van der Waals surface area (Å²) >= 11 is 0. The standard InChI is InChI=1S/C21H26N2O3/c1-2-26-18-10-3-14(4-11-18)15-5-12-20(19(13-15)21(22)25)23-16-6-8-17(24)9-7-16/h3-5,10-13,16-17,23-24H,2,6-9H2,1H3,(H2,22,25). The van der Waals surface area contributed by atoms with E-state index in [2.05, 4.69) is 5.32 Å². The first kappa shape index (κ1) is 18.3. The Balaban J connectivity index is 1.81. The molecule has 1 aliphatic carbocycles. The third kappa shape index (κ3) is 4.35. The van der Waals surface area contributed by atoms with Crippen molar-refractivity contribution in [2.24, 2.45) is 5.73 Å². The average molecular weight is 354 g/mol. The molecule has 4 N–H and O–H groups in total. The molecule has 0 radical (unpaired) electrons. The number of rotatable bonds is 6. The molecule has 2 aromatic rings. The molecule has 26 heavy (non-hydrogen) atoms. The Labute approximate surface area is 154 Å². The second-order valence-corrected chi connectivity index (χ2v) is 6.73. The lowest BCUT2D eigenvalue weighted by Crippen LogP contribution is -2.29. The molecule has 0 aliphatic heterocycles. The average Bonchev–Trinajstić information content (AvgIpc) is 2.65. The van der Waals surface area contributed by atoms with E-state index in [1.54, 1.807) is 0 Å². The topological polar surface area (TPSA) is 84.6 Å². The van der Waals surface area contributed by atoms with E-state index in [0.717, 1.165) is 48.2 Å². The summed E-state index contributed by atoms with van der Waals surface area (Å²) in [5.41, 5.74) is 8.80. The maximum Gasteiger partial charge on any atom is 0.250 e. The van der Waals surface area contributed by atoms with E-state index < -0.39 is 5.91 Å². The fourth-order valence-corrected chi connectivity index (χ4v) is 3.40. The zero-order valence-electron chi connectivity index (χ0n) is 15.1. The molecule has 1 fully saturated rings. The van der Waals surface area contributed by atoms with Gasteiger partial charge in [-0.25, -0.2) is 0 Å². The van der Waals surface area contributed by atoms with Gasteiger partial charge in [-0.15, -0.1) is 0 Å². The van der Waals surface area contributed by atoms with Gasteiger partial charge in [0.15, 0.2) is 0 Å². The van der Waals surface area contributed by atoms with Gasteiger partial charge in [-0.05, 0) is 68.0 Å². The summed E-state index contributed by atoms with van der Waals surface area (Å²) in [5, 5.41) is 13.1. The van der Waals surface area contributed by atoms with Crippen LogP contribution in [-0.4, -0.2) is 29.8 Å². The Bertz CT molecular complexity index is 750. The fraction of sp³-hybridized carbons (Fsp3) is 0.381. The number of aliphatic hydroxyl groups is 1. The van der Waals surface area contributed by atoms with E-state index in [0.29, 0.717) is 12.2 Å². The van der Waals surface area contributed by atoms with E-state index in [1.807, 2.05) is 49.4 Å². The zero-order chi connectivity index (χ0) is 18.5. The van der Waals surface area contributed by atoms with E-state index in [4.69, 9.17) is 10.5 Å². The molecular weight excluding hydrogens is 328 g/mol. The Morgan fingerprint density at radius 3 is 2.38 bits per heavy atom. The van der Waals surface area contributed by atoms with Crippen molar-refractivity contribution >= 4 is 11.6 Å². The second kappa shape index (κ2) is 8.23. The van der Waals surface area contributed by atoms with Gasteiger partial charge in [0.05, 0.1) is 18.3 Å². The number of nitrogens with one attached hydrogen (secondary N) is 1. The van der Waals surface area contributed by atoms with Crippen LogP contribution < -0.4 is 15.8 Å². The van der Waals surface area contributed by atoms with Gasteiger partial charge in [0.25, 0.3) is 5.91 Å². The highest BCUT2D eigenvalue weighted by Gasteiger charge is 2.21. The van der Waals surface area contributed by atoms with Crippen molar-refractivity contribution in [1.29, 1.82) is 0 Å². The van der Waals surface area contributed by atoms with Gasteiger partial charge in [-0.1, -0.05) is 18.2 Å². The molecule has 0 bridgehead atoms. The lowest BCUT2D eigenvalue weighted by atomic mass is 9.92. The number of benzene rings is 2. The van der Waals surface area contributed by atoms with Gasteiger partial charge in [0, 0.05) is 11.7 Å². The van der Waals surface area contributed by atoms with Crippen LogP contribution in [0, 0.1) is 0 Å². The van der Waals surface area contributed by atoms with Crippen LogP contribution in [0.3, 0.4) is 0 Å². The number of anilines is 1. The van der Waals surface area contributed by atoms with Crippen molar-refractivity contribution in [3.63, 3.8) is 0 Å². The monoisotopic (exact) mass is 354 g/mol. The Kier molecular flexibility index (Phi) is 5.78. The van der Waals surface area contributed by atoms with E-state index >= 15 is 0 Å². The molecule has 1 aliphatic rings. The molecule has 5 nitrogen and oxygen atoms in total.